The van der Waals surface area contributed by atoms with Gasteiger partial charge in [0.05, 0.1) is 5.92 Å². The number of carboxylic acids is 2. The maximum Gasteiger partial charge on any atom is 0.320 e. The molecule has 0 saturated carbocycles. The van der Waals surface area contributed by atoms with Gasteiger partial charge in [-0.05, 0) is 12.0 Å². The summed E-state index contributed by atoms with van der Waals surface area (Å²) in [6.07, 6.45) is 0.178. The van der Waals surface area contributed by atoms with Crippen molar-refractivity contribution in [3.63, 3.8) is 0 Å². The third-order valence-electron chi connectivity index (χ3n) is 3.27. The molecule has 0 spiro atoms. The van der Waals surface area contributed by atoms with Gasteiger partial charge in [-0.3, -0.25) is 14.5 Å². The molecule has 5 nitrogen and oxygen atoms in total. The van der Waals surface area contributed by atoms with E-state index in [1.165, 1.54) is 0 Å². The molecule has 1 aliphatic heterocycles. The lowest BCUT2D eigenvalue weighted by Crippen LogP contribution is -2.35. The van der Waals surface area contributed by atoms with E-state index in [1.807, 2.05) is 30.3 Å². The van der Waals surface area contributed by atoms with E-state index >= 15 is 0 Å². The molecule has 1 heterocycles. The monoisotopic (exact) mass is 249 g/mol. The van der Waals surface area contributed by atoms with Gasteiger partial charge in [-0.25, -0.2) is 0 Å². The van der Waals surface area contributed by atoms with E-state index in [9.17, 15) is 9.59 Å². The number of rotatable bonds is 4. The van der Waals surface area contributed by atoms with E-state index in [0.717, 1.165) is 5.56 Å². The molecule has 2 N–H and O–H groups in total. The standard InChI is InChI=1S/C13H15NO4/c15-12(16)10-6-11(13(17)18)14(8-10)7-9-4-2-1-3-5-9/h1-5,10-11H,6-8H2,(H,15,16)(H,17,18)/t10-,11-/m0/s1. The molecule has 5 heteroatoms. The van der Waals surface area contributed by atoms with Crippen LogP contribution < -0.4 is 0 Å². The molecule has 0 aliphatic carbocycles. The molecule has 1 aromatic carbocycles. The molecule has 1 aromatic rings. The van der Waals surface area contributed by atoms with Gasteiger partial charge in [0.15, 0.2) is 0 Å². The molecule has 0 unspecified atom stereocenters. The van der Waals surface area contributed by atoms with Gasteiger partial charge >= 0.3 is 11.9 Å². The first kappa shape index (κ1) is 12.6. The van der Waals surface area contributed by atoms with Gasteiger partial charge < -0.3 is 10.2 Å². The SMILES string of the molecule is O=C(O)[C@H]1C[C@@H](C(=O)O)N(Cc2ccccc2)C1. The summed E-state index contributed by atoms with van der Waals surface area (Å²) in [4.78, 5) is 23.8. The van der Waals surface area contributed by atoms with Crippen LogP contribution in [0.3, 0.4) is 0 Å². The normalized spacial score (nSPS) is 24.0. The topological polar surface area (TPSA) is 77.8 Å². The van der Waals surface area contributed by atoms with E-state index in [1.54, 1.807) is 4.90 Å². The summed E-state index contributed by atoms with van der Waals surface area (Å²) in [6.45, 7) is 0.767. The molecule has 1 aliphatic rings. The molecule has 1 saturated heterocycles. The van der Waals surface area contributed by atoms with Crippen LogP contribution in [0, 0.1) is 5.92 Å². The van der Waals surface area contributed by atoms with Crippen molar-refractivity contribution in [3.05, 3.63) is 35.9 Å². The molecule has 1 fully saturated rings. The van der Waals surface area contributed by atoms with Crippen molar-refractivity contribution in [2.75, 3.05) is 6.54 Å². The van der Waals surface area contributed by atoms with Crippen LogP contribution in [0.4, 0.5) is 0 Å². The lowest BCUT2D eigenvalue weighted by molar-refractivity contribution is -0.142. The van der Waals surface area contributed by atoms with Gasteiger partial charge in [-0.1, -0.05) is 30.3 Å². The fourth-order valence-corrected chi connectivity index (χ4v) is 2.33. The zero-order valence-electron chi connectivity index (χ0n) is 9.82. The lowest BCUT2D eigenvalue weighted by Gasteiger charge is -2.20. The van der Waals surface area contributed by atoms with Gasteiger partial charge in [0.1, 0.15) is 6.04 Å². The summed E-state index contributed by atoms with van der Waals surface area (Å²) in [7, 11) is 0. The maximum absolute atomic E-state index is 11.1. The number of hydrogen-bond acceptors (Lipinski definition) is 3. The molecule has 0 bridgehead atoms. The molecule has 0 amide bonds. The van der Waals surface area contributed by atoms with Gasteiger partial charge in [-0.2, -0.15) is 0 Å². The summed E-state index contributed by atoms with van der Waals surface area (Å²) in [5.74, 6) is -2.46. The van der Waals surface area contributed by atoms with Gasteiger partial charge in [0.2, 0.25) is 0 Å². The Bertz CT molecular complexity index is 446. The molecular weight excluding hydrogens is 234 g/mol. The van der Waals surface area contributed by atoms with Gasteiger partial charge in [0.25, 0.3) is 0 Å². The van der Waals surface area contributed by atoms with Crippen LogP contribution >= 0.6 is 0 Å². The predicted molar refractivity (Wildman–Crippen MR) is 64.0 cm³/mol. The molecule has 0 radical (unpaired) electrons. The fraction of sp³-hybridized carbons (Fsp3) is 0.385. The quantitative estimate of drug-likeness (QED) is 0.833. The number of benzene rings is 1. The number of carboxylic acid groups (broad SMARTS) is 2. The highest BCUT2D eigenvalue weighted by Crippen LogP contribution is 2.25. The third kappa shape index (κ3) is 2.68. The minimum atomic E-state index is -0.949. The lowest BCUT2D eigenvalue weighted by atomic mass is 10.1. The van der Waals surface area contributed by atoms with E-state index in [-0.39, 0.29) is 6.42 Å². The summed E-state index contributed by atoms with van der Waals surface area (Å²) >= 11 is 0. The molecule has 96 valence electrons. The minimum Gasteiger partial charge on any atom is -0.481 e. The molecule has 2 atom stereocenters. The Balaban J connectivity index is 2.10. The van der Waals surface area contributed by atoms with E-state index in [0.29, 0.717) is 13.1 Å². The fourth-order valence-electron chi connectivity index (χ4n) is 2.33. The van der Waals surface area contributed by atoms with Crippen molar-refractivity contribution < 1.29 is 19.8 Å². The number of likely N-dealkylation sites (tertiary alicyclic amines) is 1. The molecule has 18 heavy (non-hydrogen) atoms. The highest BCUT2D eigenvalue weighted by Gasteiger charge is 2.39. The number of hydrogen-bond donors (Lipinski definition) is 2. The highest BCUT2D eigenvalue weighted by molar-refractivity contribution is 5.77. The van der Waals surface area contributed by atoms with Crippen LogP contribution in [0.5, 0.6) is 0 Å². The summed E-state index contributed by atoms with van der Waals surface area (Å²) in [5.41, 5.74) is 0.995. The van der Waals surface area contributed by atoms with E-state index < -0.39 is 23.9 Å². The Kier molecular flexibility index (Phi) is 3.62. The van der Waals surface area contributed by atoms with Crippen molar-refractivity contribution in [1.29, 1.82) is 0 Å². The first-order chi connectivity index (χ1) is 8.58. The zero-order valence-corrected chi connectivity index (χ0v) is 9.82. The van der Waals surface area contributed by atoms with Crippen LogP contribution in [-0.2, 0) is 16.1 Å². The first-order valence-electron chi connectivity index (χ1n) is 5.81. The Hall–Kier alpha value is -1.88. The van der Waals surface area contributed by atoms with Crippen molar-refractivity contribution in [2.45, 2.75) is 19.0 Å². The molecular formula is C13H15NO4. The van der Waals surface area contributed by atoms with Crippen molar-refractivity contribution in [2.24, 2.45) is 5.92 Å². The van der Waals surface area contributed by atoms with Gasteiger partial charge in [-0.15, -0.1) is 0 Å². The maximum atomic E-state index is 11.1. The minimum absolute atomic E-state index is 0.178. The Labute approximate surface area is 105 Å². The average Bonchev–Trinajstić information content (AvgIpc) is 2.74. The number of nitrogens with zero attached hydrogens (tertiary/aromatic N) is 1. The number of aliphatic carboxylic acids is 2. The second-order valence-electron chi connectivity index (χ2n) is 4.54. The largest absolute Gasteiger partial charge is 0.481 e. The second kappa shape index (κ2) is 5.18. The summed E-state index contributed by atoms with van der Waals surface area (Å²) in [5, 5.41) is 18.1. The van der Waals surface area contributed by atoms with Crippen molar-refractivity contribution in [1.82, 2.24) is 4.90 Å². The smallest absolute Gasteiger partial charge is 0.320 e. The molecule has 0 aromatic heterocycles. The highest BCUT2D eigenvalue weighted by atomic mass is 16.4. The third-order valence-corrected chi connectivity index (χ3v) is 3.27. The second-order valence-corrected chi connectivity index (χ2v) is 4.54. The predicted octanol–water partition coefficient (Wildman–Crippen LogP) is 1.05. The van der Waals surface area contributed by atoms with Crippen molar-refractivity contribution in [3.8, 4) is 0 Å². The summed E-state index contributed by atoms with van der Waals surface area (Å²) in [6, 6.07) is 8.78. The Morgan fingerprint density at radius 2 is 1.83 bits per heavy atom. The van der Waals surface area contributed by atoms with Crippen LogP contribution in [0.1, 0.15) is 12.0 Å². The van der Waals surface area contributed by atoms with E-state index in [4.69, 9.17) is 10.2 Å². The van der Waals surface area contributed by atoms with Crippen LogP contribution in [-0.4, -0.2) is 39.6 Å². The first-order valence-corrected chi connectivity index (χ1v) is 5.81. The van der Waals surface area contributed by atoms with Gasteiger partial charge in [0, 0.05) is 13.1 Å². The van der Waals surface area contributed by atoms with Crippen LogP contribution in [0.2, 0.25) is 0 Å². The van der Waals surface area contributed by atoms with Crippen molar-refractivity contribution >= 4 is 11.9 Å². The Morgan fingerprint density at radius 1 is 1.17 bits per heavy atom. The summed E-state index contributed by atoms with van der Waals surface area (Å²) < 4.78 is 0. The number of carbonyl (C=O) groups is 2. The molecule has 2 rings (SSSR count). The van der Waals surface area contributed by atoms with E-state index in [2.05, 4.69) is 0 Å². The van der Waals surface area contributed by atoms with Crippen LogP contribution in [0.15, 0.2) is 30.3 Å². The van der Waals surface area contributed by atoms with Crippen LogP contribution in [0.25, 0.3) is 0 Å². The Morgan fingerprint density at radius 3 is 2.39 bits per heavy atom. The zero-order chi connectivity index (χ0) is 13.1. The average molecular weight is 249 g/mol.